The fourth-order valence-corrected chi connectivity index (χ4v) is 3.38. The summed E-state index contributed by atoms with van der Waals surface area (Å²) in [6.45, 7) is 0. The number of carbonyl (C=O) groups is 1. The van der Waals surface area contributed by atoms with E-state index in [1.54, 1.807) is 12.1 Å². The highest BCUT2D eigenvalue weighted by atomic mass is 19.4. The van der Waals surface area contributed by atoms with Crippen LogP contribution in [-0.4, -0.2) is 15.8 Å². The molecule has 1 heterocycles. The number of nitrogens with one attached hydrogen (secondary N) is 1. The van der Waals surface area contributed by atoms with Crippen LogP contribution >= 0.6 is 0 Å². The summed E-state index contributed by atoms with van der Waals surface area (Å²) in [7, 11) is 0. The van der Waals surface area contributed by atoms with Crippen LogP contribution in [0.25, 0.3) is 0 Å². The predicted octanol–water partition coefficient (Wildman–Crippen LogP) is 5.29. The summed E-state index contributed by atoms with van der Waals surface area (Å²) in [5, 5.41) is 2.76. The molecule has 1 atom stereocenters. The number of Topliss-reactive ketones (excluding diaryl/α,β-unsaturated/α-hetero) is 1. The van der Waals surface area contributed by atoms with Gasteiger partial charge in [-0.05, 0) is 48.2 Å². The molecule has 4 rings (SSSR count). The molecule has 8 heteroatoms. The summed E-state index contributed by atoms with van der Waals surface area (Å²) in [5.74, 6) is -0.514. The van der Waals surface area contributed by atoms with Crippen molar-refractivity contribution < 1.29 is 22.4 Å². The molecule has 0 unspecified atom stereocenters. The van der Waals surface area contributed by atoms with E-state index in [1.807, 2.05) is 0 Å². The minimum atomic E-state index is -4.46. The van der Waals surface area contributed by atoms with Crippen LogP contribution in [0.1, 0.15) is 39.5 Å². The molecule has 3 aromatic rings. The fraction of sp³-hybridized carbons (Fsp3) is 0.190. The molecule has 0 radical (unpaired) electrons. The second-order valence-corrected chi connectivity index (χ2v) is 6.84. The highest BCUT2D eigenvalue weighted by Crippen LogP contribution is 2.33. The van der Waals surface area contributed by atoms with Gasteiger partial charge in [0.1, 0.15) is 5.82 Å². The zero-order valence-corrected chi connectivity index (χ0v) is 15.0. The van der Waals surface area contributed by atoms with Gasteiger partial charge in [0, 0.05) is 18.3 Å². The Balaban J connectivity index is 1.59. The van der Waals surface area contributed by atoms with Gasteiger partial charge in [-0.2, -0.15) is 13.2 Å². The fourth-order valence-electron chi connectivity index (χ4n) is 3.38. The third kappa shape index (κ3) is 4.11. The summed E-state index contributed by atoms with van der Waals surface area (Å²) in [6.07, 6.45) is -2.35. The number of fused-ring (bicyclic) bond motifs is 1. The number of ketones is 1. The van der Waals surface area contributed by atoms with Crippen molar-refractivity contribution in [3.63, 3.8) is 0 Å². The maximum absolute atomic E-state index is 13.2. The maximum atomic E-state index is 13.2. The van der Waals surface area contributed by atoms with Crippen LogP contribution in [0.4, 0.5) is 29.2 Å². The lowest BCUT2D eigenvalue weighted by atomic mass is 9.82. The highest BCUT2D eigenvalue weighted by Gasteiger charge is 2.31. The van der Waals surface area contributed by atoms with Crippen LogP contribution in [0, 0.1) is 5.82 Å². The average Bonchev–Trinajstić information content (AvgIpc) is 2.68. The third-order valence-electron chi connectivity index (χ3n) is 4.83. The Hall–Kier alpha value is -3.29. The number of halogens is 4. The Morgan fingerprint density at radius 2 is 1.79 bits per heavy atom. The van der Waals surface area contributed by atoms with Crippen molar-refractivity contribution in [1.82, 2.24) is 9.97 Å². The molecule has 1 aromatic heterocycles. The van der Waals surface area contributed by atoms with Gasteiger partial charge < -0.3 is 5.32 Å². The number of anilines is 2. The molecule has 0 saturated heterocycles. The van der Waals surface area contributed by atoms with Crippen molar-refractivity contribution in [3.8, 4) is 0 Å². The summed E-state index contributed by atoms with van der Waals surface area (Å²) in [5.41, 5.74) is 1.15. The molecule has 0 fully saturated rings. The Kier molecular flexibility index (Phi) is 4.77. The Labute approximate surface area is 163 Å². The molecule has 148 valence electrons. The van der Waals surface area contributed by atoms with Gasteiger partial charge in [-0.15, -0.1) is 0 Å². The number of nitrogens with zero attached hydrogens (tertiary/aromatic N) is 2. The molecular formula is C21H15F4N3O. The molecule has 0 spiro atoms. The first-order valence-corrected chi connectivity index (χ1v) is 8.88. The van der Waals surface area contributed by atoms with Crippen molar-refractivity contribution >= 4 is 17.4 Å². The Morgan fingerprint density at radius 3 is 2.52 bits per heavy atom. The predicted molar refractivity (Wildman–Crippen MR) is 98.6 cm³/mol. The van der Waals surface area contributed by atoms with E-state index in [4.69, 9.17) is 0 Å². The molecule has 2 aromatic carbocycles. The Bertz CT molecular complexity index is 1060. The monoisotopic (exact) mass is 401 g/mol. The summed E-state index contributed by atoms with van der Waals surface area (Å²) in [4.78, 5) is 20.9. The minimum Gasteiger partial charge on any atom is -0.324 e. The van der Waals surface area contributed by atoms with Crippen molar-refractivity contribution in [2.75, 3.05) is 5.32 Å². The van der Waals surface area contributed by atoms with Gasteiger partial charge >= 0.3 is 6.18 Å². The van der Waals surface area contributed by atoms with Crippen molar-refractivity contribution in [2.24, 2.45) is 0 Å². The molecule has 29 heavy (non-hydrogen) atoms. The lowest BCUT2D eigenvalue weighted by Crippen LogP contribution is -2.21. The Morgan fingerprint density at radius 1 is 1.03 bits per heavy atom. The van der Waals surface area contributed by atoms with Gasteiger partial charge in [-0.1, -0.05) is 18.2 Å². The SMILES string of the molecule is O=C1C[C@@H](c2ccc(F)cc2)Cc2nc(Nc3cccc(C(F)(F)F)c3)ncc21. The van der Waals surface area contributed by atoms with E-state index in [0.29, 0.717) is 17.7 Å². The molecule has 4 nitrogen and oxygen atoms in total. The van der Waals surface area contributed by atoms with E-state index < -0.39 is 11.7 Å². The van der Waals surface area contributed by atoms with Gasteiger partial charge in [0.05, 0.1) is 16.8 Å². The number of aromatic nitrogens is 2. The van der Waals surface area contributed by atoms with E-state index in [1.165, 1.54) is 30.5 Å². The van der Waals surface area contributed by atoms with Crippen molar-refractivity contribution in [3.05, 3.63) is 82.9 Å². The molecule has 1 aliphatic carbocycles. The third-order valence-corrected chi connectivity index (χ3v) is 4.83. The van der Waals surface area contributed by atoms with Crippen molar-refractivity contribution in [1.29, 1.82) is 0 Å². The van der Waals surface area contributed by atoms with Crippen LogP contribution in [0.5, 0.6) is 0 Å². The maximum Gasteiger partial charge on any atom is 0.416 e. The van der Waals surface area contributed by atoms with Crippen LogP contribution in [0.15, 0.2) is 54.7 Å². The summed E-state index contributed by atoms with van der Waals surface area (Å²) >= 11 is 0. The first kappa shape index (κ1) is 19.0. The van der Waals surface area contributed by atoms with Crippen LogP contribution in [0.3, 0.4) is 0 Å². The van der Waals surface area contributed by atoms with E-state index in [0.717, 1.165) is 17.7 Å². The number of benzene rings is 2. The van der Waals surface area contributed by atoms with E-state index >= 15 is 0 Å². The zero-order chi connectivity index (χ0) is 20.6. The van der Waals surface area contributed by atoms with Crippen LogP contribution in [0.2, 0.25) is 0 Å². The average molecular weight is 401 g/mol. The van der Waals surface area contributed by atoms with Crippen LogP contribution < -0.4 is 5.32 Å². The van der Waals surface area contributed by atoms with Gasteiger partial charge in [-0.25, -0.2) is 14.4 Å². The largest absolute Gasteiger partial charge is 0.416 e. The minimum absolute atomic E-state index is 0.107. The van der Waals surface area contributed by atoms with Gasteiger partial charge in [0.25, 0.3) is 0 Å². The smallest absolute Gasteiger partial charge is 0.324 e. The number of carbonyl (C=O) groups excluding carboxylic acids is 1. The van der Waals surface area contributed by atoms with Crippen LogP contribution in [-0.2, 0) is 12.6 Å². The molecule has 1 aliphatic rings. The van der Waals surface area contributed by atoms with E-state index in [-0.39, 0.29) is 35.6 Å². The molecule has 0 amide bonds. The van der Waals surface area contributed by atoms with Gasteiger partial charge in [0.15, 0.2) is 5.78 Å². The number of hydrogen-bond acceptors (Lipinski definition) is 4. The topological polar surface area (TPSA) is 54.9 Å². The van der Waals surface area contributed by atoms with Crippen molar-refractivity contribution in [2.45, 2.75) is 24.9 Å². The lowest BCUT2D eigenvalue weighted by Gasteiger charge is -2.23. The van der Waals surface area contributed by atoms with E-state index in [2.05, 4.69) is 15.3 Å². The second kappa shape index (κ2) is 7.27. The number of alkyl halides is 3. The van der Waals surface area contributed by atoms with Gasteiger partial charge in [-0.3, -0.25) is 4.79 Å². The first-order valence-electron chi connectivity index (χ1n) is 8.88. The zero-order valence-electron chi connectivity index (χ0n) is 15.0. The first-order chi connectivity index (χ1) is 13.8. The second-order valence-electron chi connectivity index (χ2n) is 6.84. The quantitative estimate of drug-likeness (QED) is 0.606. The normalized spacial score (nSPS) is 16.4. The molecule has 0 aliphatic heterocycles. The number of rotatable bonds is 3. The highest BCUT2D eigenvalue weighted by molar-refractivity contribution is 5.98. The van der Waals surface area contributed by atoms with Gasteiger partial charge in [0.2, 0.25) is 5.95 Å². The molecule has 1 N–H and O–H groups in total. The standard InChI is InChI=1S/C21H15F4N3O/c22-15-6-4-12(5-7-15)13-8-18-17(19(29)9-13)11-26-20(28-18)27-16-3-1-2-14(10-16)21(23,24)25/h1-7,10-11,13H,8-9H2,(H,26,27,28)/t13-/m0/s1. The molecule has 0 saturated carbocycles. The summed E-state index contributed by atoms with van der Waals surface area (Å²) in [6, 6.07) is 10.7. The van der Waals surface area contributed by atoms with E-state index in [9.17, 15) is 22.4 Å². The molecule has 0 bridgehead atoms. The number of hydrogen-bond donors (Lipinski definition) is 1. The molecular weight excluding hydrogens is 386 g/mol. The lowest BCUT2D eigenvalue weighted by molar-refractivity contribution is -0.137. The summed E-state index contributed by atoms with van der Waals surface area (Å²) < 4.78 is 51.8.